The van der Waals surface area contributed by atoms with Gasteiger partial charge in [0.05, 0.1) is 0 Å². The van der Waals surface area contributed by atoms with Crippen LogP contribution in [0.2, 0.25) is 0 Å². The molecule has 5 nitrogen and oxygen atoms in total. The van der Waals surface area contributed by atoms with Crippen LogP contribution < -0.4 is 0 Å². The lowest BCUT2D eigenvalue weighted by Gasteiger charge is -2.26. The van der Waals surface area contributed by atoms with Crippen LogP contribution in [-0.4, -0.2) is 57.5 Å². The molecule has 1 amide bonds. The summed E-state index contributed by atoms with van der Waals surface area (Å²) in [5.41, 5.74) is 1.46. The Kier molecular flexibility index (Phi) is 4.48. The Balaban J connectivity index is 1.74. The highest BCUT2D eigenvalue weighted by molar-refractivity contribution is 5.92. The molecule has 0 spiro atoms. The summed E-state index contributed by atoms with van der Waals surface area (Å²) in [6.07, 6.45) is 6.65. The monoisotopic (exact) mass is 312 g/mol. The summed E-state index contributed by atoms with van der Waals surface area (Å²) in [5, 5.41) is 0. The van der Waals surface area contributed by atoms with E-state index in [0.717, 1.165) is 25.2 Å². The van der Waals surface area contributed by atoms with Crippen molar-refractivity contribution in [3.8, 4) is 5.69 Å². The van der Waals surface area contributed by atoms with Crippen molar-refractivity contribution >= 4 is 5.91 Å². The van der Waals surface area contributed by atoms with Gasteiger partial charge in [-0.25, -0.2) is 0 Å². The second-order valence-corrected chi connectivity index (χ2v) is 6.44. The first-order valence-corrected chi connectivity index (χ1v) is 8.17. The highest BCUT2D eigenvalue weighted by Gasteiger charge is 2.30. The average molecular weight is 312 g/mol. The van der Waals surface area contributed by atoms with E-state index >= 15 is 0 Å². The van der Waals surface area contributed by atoms with Crippen molar-refractivity contribution in [3.05, 3.63) is 48.5 Å². The van der Waals surface area contributed by atoms with E-state index in [0.29, 0.717) is 11.7 Å². The van der Waals surface area contributed by atoms with Gasteiger partial charge >= 0.3 is 0 Å². The number of aromatic nitrogens is 2. The molecule has 23 heavy (non-hydrogen) atoms. The fraction of sp³-hybridized carbons (Fsp3) is 0.444. The zero-order valence-corrected chi connectivity index (χ0v) is 14.0. The number of carbonyl (C=O) groups is 1. The van der Waals surface area contributed by atoms with Gasteiger partial charge in [0.1, 0.15) is 5.69 Å². The van der Waals surface area contributed by atoms with Crippen LogP contribution >= 0.6 is 0 Å². The second kappa shape index (κ2) is 6.54. The molecule has 0 aromatic carbocycles. The quantitative estimate of drug-likeness (QED) is 0.870. The molecule has 0 bridgehead atoms. The molecule has 3 heterocycles. The lowest BCUT2D eigenvalue weighted by molar-refractivity contribution is 0.0726. The van der Waals surface area contributed by atoms with E-state index in [2.05, 4.69) is 23.7 Å². The Bertz CT molecular complexity index is 665. The number of hydrogen-bond acceptors (Lipinski definition) is 3. The third-order valence-electron chi connectivity index (χ3n) is 4.66. The van der Waals surface area contributed by atoms with Gasteiger partial charge in [0.2, 0.25) is 0 Å². The molecule has 1 saturated heterocycles. The summed E-state index contributed by atoms with van der Waals surface area (Å²) in [5.74, 6) is -0.00499. The molecule has 0 aliphatic carbocycles. The summed E-state index contributed by atoms with van der Waals surface area (Å²) in [6.45, 7) is 6.40. The molecule has 5 heteroatoms. The molecule has 0 N–H and O–H groups in total. The van der Waals surface area contributed by atoms with E-state index in [-0.39, 0.29) is 11.9 Å². The van der Waals surface area contributed by atoms with E-state index in [1.54, 1.807) is 6.20 Å². The van der Waals surface area contributed by atoms with Crippen molar-refractivity contribution in [2.24, 2.45) is 0 Å². The first kappa shape index (κ1) is 15.7. The lowest BCUT2D eigenvalue weighted by atomic mass is 10.2. The SMILES string of the molecule is CC(C)N1CCC(N(C)C(=O)c2cc(-n3cccc3)ccn2)C1. The van der Waals surface area contributed by atoms with Gasteiger partial charge in [-0.15, -0.1) is 0 Å². The fourth-order valence-corrected chi connectivity index (χ4v) is 3.10. The van der Waals surface area contributed by atoms with Gasteiger partial charge in [0.15, 0.2) is 0 Å². The predicted molar refractivity (Wildman–Crippen MR) is 90.8 cm³/mol. The van der Waals surface area contributed by atoms with Crippen molar-refractivity contribution in [1.29, 1.82) is 0 Å². The van der Waals surface area contributed by atoms with Gasteiger partial charge in [-0.05, 0) is 44.5 Å². The van der Waals surface area contributed by atoms with Crippen molar-refractivity contribution in [2.75, 3.05) is 20.1 Å². The summed E-state index contributed by atoms with van der Waals surface area (Å²) < 4.78 is 1.98. The van der Waals surface area contributed by atoms with Crippen LogP contribution in [0.4, 0.5) is 0 Å². The van der Waals surface area contributed by atoms with Crippen LogP contribution in [0, 0.1) is 0 Å². The molecular weight excluding hydrogens is 288 g/mol. The summed E-state index contributed by atoms with van der Waals surface area (Å²) in [7, 11) is 1.89. The smallest absolute Gasteiger partial charge is 0.272 e. The number of amides is 1. The minimum absolute atomic E-state index is 0.00499. The van der Waals surface area contributed by atoms with E-state index in [9.17, 15) is 4.79 Å². The van der Waals surface area contributed by atoms with Gasteiger partial charge in [-0.3, -0.25) is 14.7 Å². The van der Waals surface area contributed by atoms with Crippen molar-refractivity contribution in [3.63, 3.8) is 0 Å². The Morgan fingerprint density at radius 1 is 1.35 bits per heavy atom. The van der Waals surface area contributed by atoms with Gasteiger partial charge in [-0.2, -0.15) is 0 Å². The number of carbonyl (C=O) groups excluding carboxylic acids is 1. The minimum Gasteiger partial charge on any atom is -0.336 e. The van der Waals surface area contributed by atoms with E-state index in [1.165, 1.54) is 0 Å². The van der Waals surface area contributed by atoms with Crippen LogP contribution in [0.25, 0.3) is 5.69 Å². The third kappa shape index (κ3) is 3.29. The number of hydrogen-bond donors (Lipinski definition) is 0. The molecule has 1 aliphatic heterocycles. The maximum absolute atomic E-state index is 12.8. The summed E-state index contributed by atoms with van der Waals surface area (Å²) in [6, 6.07) is 8.49. The molecule has 1 unspecified atom stereocenters. The van der Waals surface area contributed by atoms with Crippen LogP contribution in [0.1, 0.15) is 30.8 Å². The minimum atomic E-state index is -0.00499. The van der Waals surface area contributed by atoms with Crippen molar-refractivity contribution in [2.45, 2.75) is 32.4 Å². The largest absolute Gasteiger partial charge is 0.336 e. The molecule has 0 saturated carbocycles. The van der Waals surface area contributed by atoms with Crippen LogP contribution in [0.3, 0.4) is 0 Å². The molecule has 3 rings (SSSR count). The molecule has 0 radical (unpaired) electrons. The molecule has 2 aromatic heterocycles. The Labute approximate surface area is 137 Å². The zero-order chi connectivity index (χ0) is 16.4. The topological polar surface area (TPSA) is 41.4 Å². The zero-order valence-electron chi connectivity index (χ0n) is 14.0. The molecule has 1 aliphatic rings. The van der Waals surface area contributed by atoms with Crippen LogP contribution in [0.5, 0.6) is 0 Å². The van der Waals surface area contributed by atoms with Gasteiger partial charge < -0.3 is 9.47 Å². The molecule has 1 atom stereocenters. The highest BCUT2D eigenvalue weighted by Crippen LogP contribution is 2.19. The molecule has 2 aromatic rings. The van der Waals surface area contributed by atoms with E-state index in [4.69, 9.17) is 0 Å². The Morgan fingerprint density at radius 2 is 2.09 bits per heavy atom. The number of pyridine rings is 1. The van der Waals surface area contributed by atoms with Crippen molar-refractivity contribution < 1.29 is 4.79 Å². The summed E-state index contributed by atoms with van der Waals surface area (Å²) >= 11 is 0. The highest BCUT2D eigenvalue weighted by atomic mass is 16.2. The van der Waals surface area contributed by atoms with Gasteiger partial charge in [0, 0.05) is 56.5 Å². The Morgan fingerprint density at radius 3 is 2.74 bits per heavy atom. The average Bonchev–Trinajstić information content (AvgIpc) is 3.25. The maximum atomic E-state index is 12.8. The third-order valence-corrected chi connectivity index (χ3v) is 4.66. The van der Waals surface area contributed by atoms with Gasteiger partial charge in [-0.1, -0.05) is 0 Å². The lowest BCUT2D eigenvalue weighted by Crippen LogP contribution is -2.40. The van der Waals surface area contributed by atoms with E-state index in [1.807, 2.05) is 53.2 Å². The summed E-state index contributed by atoms with van der Waals surface area (Å²) in [4.78, 5) is 21.3. The standard InChI is InChI=1S/C18H24N4O/c1-14(2)22-11-7-16(13-22)20(3)18(23)17-12-15(6-8-19-17)21-9-4-5-10-21/h4-6,8-10,12,14,16H,7,11,13H2,1-3H3. The molecular formula is C18H24N4O. The first-order chi connectivity index (χ1) is 11.1. The van der Waals surface area contributed by atoms with Crippen LogP contribution in [-0.2, 0) is 0 Å². The van der Waals surface area contributed by atoms with Crippen molar-refractivity contribution in [1.82, 2.24) is 19.4 Å². The first-order valence-electron chi connectivity index (χ1n) is 8.17. The number of likely N-dealkylation sites (N-methyl/N-ethyl adjacent to an activating group) is 1. The van der Waals surface area contributed by atoms with Gasteiger partial charge in [0.25, 0.3) is 5.91 Å². The Hall–Kier alpha value is -2.14. The van der Waals surface area contributed by atoms with E-state index < -0.39 is 0 Å². The van der Waals surface area contributed by atoms with Crippen LogP contribution in [0.15, 0.2) is 42.9 Å². The normalized spacial score (nSPS) is 18.5. The molecule has 122 valence electrons. The maximum Gasteiger partial charge on any atom is 0.272 e. The fourth-order valence-electron chi connectivity index (χ4n) is 3.10. The number of likely N-dealkylation sites (tertiary alicyclic amines) is 1. The number of nitrogens with zero attached hydrogens (tertiary/aromatic N) is 4. The predicted octanol–water partition coefficient (Wildman–Crippen LogP) is 2.43. The number of rotatable bonds is 4. The molecule has 1 fully saturated rings. The second-order valence-electron chi connectivity index (χ2n) is 6.44.